The second-order valence-corrected chi connectivity index (χ2v) is 4.67. The van der Waals surface area contributed by atoms with E-state index in [1.165, 1.54) is 5.56 Å². The molecule has 0 aliphatic rings. The second-order valence-electron chi connectivity index (χ2n) is 4.67. The van der Waals surface area contributed by atoms with Crippen LogP contribution >= 0.6 is 0 Å². The van der Waals surface area contributed by atoms with Gasteiger partial charge in [-0.25, -0.2) is 4.98 Å². The van der Waals surface area contributed by atoms with Crippen LogP contribution in [-0.4, -0.2) is 28.0 Å². The smallest absolute Gasteiger partial charge is 0.130 e. The lowest BCUT2D eigenvalue weighted by atomic mass is 10.2. The summed E-state index contributed by atoms with van der Waals surface area (Å²) in [4.78, 5) is 11.2. The topological polar surface area (TPSA) is 41.1 Å². The predicted molar refractivity (Wildman–Crippen MR) is 82.4 cm³/mol. The minimum Gasteiger partial charge on any atom is -0.370 e. The third-order valence-corrected chi connectivity index (χ3v) is 3.19. The molecule has 1 N–H and O–H groups in total. The molecule has 4 nitrogen and oxygen atoms in total. The van der Waals surface area contributed by atoms with E-state index in [2.05, 4.69) is 46.2 Å². The molecule has 0 fully saturated rings. The summed E-state index contributed by atoms with van der Waals surface area (Å²) in [5.41, 5.74) is 2.33. The molecule has 0 radical (unpaired) electrons. The standard InChI is InChI=1S/C16H22N4/c1-3-17-16-14(8-7-11-19-16)12-20(4-2)13-15-9-5-6-10-18-15/h5-11H,3-4,12-13H2,1-2H3,(H,17,19). The average molecular weight is 270 g/mol. The van der Waals surface area contributed by atoms with Crippen LogP contribution in [0.15, 0.2) is 42.7 Å². The molecular formula is C16H22N4. The van der Waals surface area contributed by atoms with Crippen molar-refractivity contribution in [1.29, 1.82) is 0 Å². The van der Waals surface area contributed by atoms with E-state index >= 15 is 0 Å². The Morgan fingerprint density at radius 3 is 2.55 bits per heavy atom. The molecule has 2 aromatic heterocycles. The van der Waals surface area contributed by atoms with Crippen LogP contribution < -0.4 is 5.32 Å². The Morgan fingerprint density at radius 1 is 1.00 bits per heavy atom. The largest absolute Gasteiger partial charge is 0.370 e. The second kappa shape index (κ2) is 7.60. The summed E-state index contributed by atoms with van der Waals surface area (Å²) in [7, 11) is 0. The third kappa shape index (κ3) is 4.03. The summed E-state index contributed by atoms with van der Waals surface area (Å²) >= 11 is 0. The molecule has 0 aliphatic carbocycles. The first-order valence-corrected chi connectivity index (χ1v) is 7.13. The lowest BCUT2D eigenvalue weighted by Crippen LogP contribution is -2.23. The fourth-order valence-electron chi connectivity index (χ4n) is 2.13. The number of rotatable bonds is 7. The van der Waals surface area contributed by atoms with Gasteiger partial charge < -0.3 is 5.32 Å². The lowest BCUT2D eigenvalue weighted by molar-refractivity contribution is 0.268. The summed E-state index contributed by atoms with van der Waals surface area (Å²) < 4.78 is 0. The number of anilines is 1. The van der Waals surface area contributed by atoms with Gasteiger partial charge in [0.15, 0.2) is 0 Å². The van der Waals surface area contributed by atoms with Gasteiger partial charge in [0.25, 0.3) is 0 Å². The van der Waals surface area contributed by atoms with E-state index in [-0.39, 0.29) is 0 Å². The van der Waals surface area contributed by atoms with E-state index in [9.17, 15) is 0 Å². The summed E-state index contributed by atoms with van der Waals surface area (Å²) in [5.74, 6) is 0.981. The van der Waals surface area contributed by atoms with E-state index in [4.69, 9.17) is 0 Å². The summed E-state index contributed by atoms with van der Waals surface area (Å²) in [6.45, 7) is 7.87. The molecule has 20 heavy (non-hydrogen) atoms. The van der Waals surface area contributed by atoms with Gasteiger partial charge in [-0.15, -0.1) is 0 Å². The molecule has 0 spiro atoms. The molecule has 106 valence electrons. The Morgan fingerprint density at radius 2 is 1.85 bits per heavy atom. The number of nitrogens with one attached hydrogen (secondary N) is 1. The van der Waals surface area contributed by atoms with Crippen molar-refractivity contribution in [2.75, 3.05) is 18.4 Å². The van der Waals surface area contributed by atoms with Crippen molar-refractivity contribution in [3.63, 3.8) is 0 Å². The minimum absolute atomic E-state index is 0.859. The molecule has 0 aliphatic heterocycles. The van der Waals surface area contributed by atoms with Gasteiger partial charge in [-0.3, -0.25) is 9.88 Å². The van der Waals surface area contributed by atoms with Crippen molar-refractivity contribution in [3.05, 3.63) is 54.0 Å². The van der Waals surface area contributed by atoms with Crippen LogP contribution in [0.1, 0.15) is 25.1 Å². The van der Waals surface area contributed by atoms with Crippen LogP contribution in [-0.2, 0) is 13.1 Å². The first-order chi connectivity index (χ1) is 9.83. The highest BCUT2D eigenvalue weighted by molar-refractivity contribution is 5.43. The zero-order chi connectivity index (χ0) is 14.2. The Kier molecular flexibility index (Phi) is 5.50. The van der Waals surface area contributed by atoms with Crippen LogP contribution in [0.5, 0.6) is 0 Å². The number of hydrogen-bond acceptors (Lipinski definition) is 4. The van der Waals surface area contributed by atoms with Crippen LogP contribution in [0.25, 0.3) is 0 Å². The molecule has 0 saturated heterocycles. The minimum atomic E-state index is 0.859. The van der Waals surface area contributed by atoms with Gasteiger partial charge >= 0.3 is 0 Å². The lowest BCUT2D eigenvalue weighted by Gasteiger charge is -2.21. The highest BCUT2D eigenvalue weighted by Crippen LogP contribution is 2.15. The fraction of sp³-hybridized carbons (Fsp3) is 0.375. The average Bonchev–Trinajstić information content (AvgIpc) is 2.50. The SMILES string of the molecule is CCNc1ncccc1CN(CC)Cc1ccccn1. The van der Waals surface area contributed by atoms with Gasteiger partial charge in [-0.1, -0.05) is 19.1 Å². The molecular weight excluding hydrogens is 248 g/mol. The molecule has 0 atom stereocenters. The number of hydrogen-bond donors (Lipinski definition) is 1. The van der Waals surface area contributed by atoms with Gasteiger partial charge in [-0.05, 0) is 31.7 Å². The van der Waals surface area contributed by atoms with Crippen LogP contribution in [0, 0.1) is 0 Å². The van der Waals surface area contributed by atoms with E-state index in [0.717, 1.165) is 37.7 Å². The van der Waals surface area contributed by atoms with E-state index in [0.29, 0.717) is 0 Å². The molecule has 2 heterocycles. The Labute approximate surface area is 120 Å². The van der Waals surface area contributed by atoms with Gasteiger partial charge in [0.05, 0.1) is 5.69 Å². The quantitative estimate of drug-likeness (QED) is 0.840. The number of pyridine rings is 2. The normalized spacial score (nSPS) is 10.8. The van der Waals surface area contributed by atoms with Crippen molar-refractivity contribution in [1.82, 2.24) is 14.9 Å². The Hall–Kier alpha value is -1.94. The zero-order valence-corrected chi connectivity index (χ0v) is 12.2. The highest BCUT2D eigenvalue weighted by atomic mass is 15.1. The predicted octanol–water partition coefficient (Wildman–Crippen LogP) is 2.93. The first-order valence-electron chi connectivity index (χ1n) is 7.13. The van der Waals surface area contributed by atoms with Gasteiger partial charge in [0.2, 0.25) is 0 Å². The van der Waals surface area contributed by atoms with E-state index in [1.807, 2.05) is 30.6 Å². The maximum atomic E-state index is 4.41. The third-order valence-electron chi connectivity index (χ3n) is 3.19. The molecule has 2 rings (SSSR count). The molecule has 0 amide bonds. The summed E-state index contributed by atoms with van der Waals surface area (Å²) in [6, 6.07) is 10.2. The molecule has 2 aromatic rings. The Balaban J connectivity index is 2.06. The maximum Gasteiger partial charge on any atom is 0.130 e. The number of aromatic nitrogens is 2. The highest BCUT2D eigenvalue weighted by Gasteiger charge is 2.09. The molecule has 0 saturated carbocycles. The van der Waals surface area contributed by atoms with Crippen molar-refractivity contribution < 1.29 is 0 Å². The summed E-state index contributed by atoms with van der Waals surface area (Å²) in [6.07, 6.45) is 3.67. The van der Waals surface area contributed by atoms with E-state index < -0.39 is 0 Å². The monoisotopic (exact) mass is 270 g/mol. The van der Waals surface area contributed by atoms with Crippen LogP contribution in [0.3, 0.4) is 0 Å². The molecule has 4 heteroatoms. The van der Waals surface area contributed by atoms with Crippen molar-refractivity contribution in [2.24, 2.45) is 0 Å². The maximum absolute atomic E-state index is 4.41. The van der Waals surface area contributed by atoms with E-state index in [1.54, 1.807) is 0 Å². The van der Waals surface area contributed by atoms with Gasteiger partial charge in [-0.2, -0.15) is 0 Å². The van der Waals surface area contributed by atoms with Crippen molar-refractivity contribution in [2.45, 2.75) is 26.9 Å². The van der Waals surface area contributed by atoms with Gasteiger partial charge in [0, 0.05) is 37.6 Å². The van der Waals surface area contributed by atoms with Crippen molar-refractivity contribution >= 4 is 5.82 Å². The van der Waals surface area contributed by atoms with Gasteiger partial charge in [0.1, 0.15) is 5.82 Å². The Bertz CT molecular complexity index is 513. The summed E-state index contributed by atoms with van der Waals surface area (Å²) in [5, 5.41) is 3.32. The first kappa shape index (κ1) is 14.5. The molecule has 0 aromatic carbocycles. The van der Waals surface area contributed by atoms with Crippen molar-refractivity contribution in [3.8, 4) is 0 Å². The zero-order valence-electron chi connectivity index (χ0n) is 12.2. The molecule has 0 unspecified atom stereocenters. The number of nitrogens with zero attached hydrogens (tertiary/aromatic N) is 3. The van der Waals surface area contributed by atoms with Crippen LogP contribution in [0.4, 0.5) is 5.82 Å². The fourth-order valence-corrected chi connectivity index (χ4v) is 2.13. The molecule has 0 bridgehead atoms. The van der Waals surface area contributed by atoms with Crippen LogP contribution in [0.2, 0.25) is 0 Å².